The lowest BCUT2D eigenvalue weighted by molar-refractivity contribution is 0.577. The molecule has 1 heterocycles. The molecule has 0 amide bonds. The highest BCUT2D eigenvalue weighted by atomic mass is 32.2. The van der Waals surface area contributed by atoms with Gasteiger partial charge in [-0.3, -0.25) is 0 Å². The van der Waals surface area contributed by atoms with E-state index in [1.807, 2.05) is 38.1 Å². The number of hydrogen-bond donors (Lipinski definition) is 0. The summed E-state index contributed by atoms with van der Waals surface area (Å²) in [6, 6.07) is 14.8. The molecule has 0 fully saturated rings. The fourth-order valence-electron chi connectivity index (χ4n) is 2.07. The third kappa shape index (κ3) is 3.68. The maximum atomic E-state index is 12.5. The minimum atomic E-state index is -3.69. The molecule has 0 unspecified atom stereocenters. The third-order valence-electron chi connectivity index (χ3n) is 3.49. The lowest BCUT2D eigenvalue weighted by Gasteiger charge is -2.03. The zero-order chi connectivity index (χ0) is 17.2. The van der Waals surface area contributed by atoms with Crippen LogP contribution in [0.25, 0.3) is 0 Å². The van der Waals surface area contributed by atoms with Crippen LogP contribution in [0.1, 0.15) is 16.8 Å². The van der Waals surface area contributed by atoms with Gasteiger partial charge in [-0.25, -0.2) is 0 Å². The molecule has 0 aliphatic carbocycles. The minimum absolute atomic E-state index is 0.204. The van der Waals surface area contributed by atoms with Gasteiger partial charge >= 0.3 is 0 Å². The van der Waals surface area contributed by atoms with Crippen LogP contribution in [0.4, 0.5) is 0 Å². The number of benzene rings is 2. The molecule has 0 radical (unpaired) electrons. The molecule has 0 spiro atoms. The highest BCUT2D eigenvalue weighted by Gasteiger charge is 2.18. The Hall–Kier alpha value is -2.12. The Labute approximate surface area is 145 Å². The summed E-state index contributed by atoms with van der Waals surface area (Å²) in [7, 11) is -3.69. The average Bonchev–Trinajstić information content (AvgIpc) is 3.04. The van der Waals surface area contributed by atoms with Gasteiger partial charge in [-0.05, 0) is 38.1 Å². The zero-order valence-electron chi connectivity index (χ0n) is 13.4. The first-order chi connectivity index (χ1) is 11.4. The van der Waals surface area contributed by atoms with Gasteiger partial charge in [0.2, 0.25) is 0 Å². The van der Waals surface area contributed by atoms with E-state index in [4.69, 9.17) is 0 Å². The first kappa shape index (κ1) is 16.7. The van der Waals surface area contributed by atoms with Gasteiger partial charge < -0.3 is 0 Å². The van der Waals surface area contributed by atoms with Crippen molar-refractivity contribution in [3.63, 3.8) is 0 Å². The van der Waals surface area contributed by atoms with Crippen LogP contribution >= 0.6 is 11.8 Å². The molecule has 0 bridgehead atoms. The molecular formula is C17H17N3O2S2. The third-order valence-corrected chi connectivity index (χ3v) is 6.08. The van der Waals surface area contributed by atoms with Crippen LogP contribution < -0.4 is 0 Å². The Morgan fingerprint density at radius 3 is 2.17 bits per heavy atom. The van der Waals surface area contributed by atoms with Crippen molar-refractivity contribution in [2.24, 2.45) is 0 Å². The highest BCUT2D eigenvalue weighted by molar-refractivity contribution is 7.98. The van der Waals surface area contributed by atoms with Crippen molar-refractivity contribution in [3.05, 3.63) is 71.5 Å². The lowest BCUT2D eigenvalue weighted by Crippen LogP contribution is -2.13. The summed E-state index contributed by atoms with van der Waals surface area (Å²) in [6.45, 7) is 3.95. The Balaban J connectivity index is 1.75. The van der Waals surface area contributed by atoms with Gasteiger partial charge in [-0.2, -0.15) is 8.42 Å². The molecule has 124 valence electrons. The van der Waals surface area contributed by atoms with Crippen molar-refractivity contribution < 1.29 is 8.42 Å². The Bertz CT molecular complexity index is 931. The normalized spacial score (nSPS) is 11.6. The molecule has 7 heteroatoms. The average molecular weight is 359 g/mol. The molecule has 3 aromatic rings. The number of thioether (sulfide) groups is 1. The van der Waals surface area contributed by atoms with Crippen LogP contribution in [-0.2, 0) is 15.8 Å². The van der Waals surface area contributed by atoms with Crippen LogP contribution in [0, 0.1) is 13.8 Å². The van der Waals surface area contributed by atoms with Gasteiger partial charge in [0.05, 0.1) is 16.8 Å². The van der Waals surface area contributed by atoms with Crippen LogP contribution in [0.15, 0.2) is 64.5 Å². The molecule has 0 aliphatic rings. The van der Waals surface area contributed by atoms with Gasteiger partial charge in [0.1, 0.15) is 0 Å². The van der Waals surface area contributed by atoms with E-state index in [0.717, 1.165) is 14.5 Å². The van der Waals surface area contributed by atoms with E-state index >= 15 is 0 Å². The van der Waals surface area contributed by atoms with Crippen molar-refractivity contribution >= 4 is 21.8 Å². The number of rotatable bonds is 5. The highest BCUT2D eigenvalue weighted by Crippen LogP contribution is 2.22. The standard InChI is InChI=1S/C17H17N3O2S2/c1-13-3-7-16(8-4-13)23-12-15-11-20(19-18-15)24(21,22)17-9-5-14(2)6-10-17/h3-11H,12H2,1-2H3. The Morgan fingerprint density at radius 1 is 0.958 bits per heavy atom. The van der Waals surface area contributed by atoms with E-state index in [1.165, 1.54) is 11.8 Å². The lowest BCUT2D eigenvalue weighted by atomic mass is 10.2. The van der Waals surface area contributed by atoms with Crippen LogP contribution in [0.5, 0.6) is 0 Å². The van der Waals surface area contributed by atoms with E-state index in [-0.39, 0.29) is 4.90 Å². The minimum Gasteiger partial charge on any atom is -0.199 e. The van der Waals surface area contributed by atoms with Gasteiger partial charge in [0.25, 0.3) is 10.0 Å². The van der Waals surface area contributed by atoms with Crippen LogP contribution in [0.3, 0.4) is 0 Å². The number of hydrogen-bond acceptors (Lipinski definition) is 5. The molecule has 1 aromatic heterocycles. The van der Waals surface area contributed by atoms with Gasteiger partial charge in [0, 0.05) is 10.6 Å². The molecule has 0 aliphatic heterocycles. The number of aryl methyl sites for hydroxylation is 2. The largest absolute Gasteiger partial charge is 0.284 e. The summed E-state index contributed by atoms with van der Waals surface area (Å²) in [6.07, 6.45) is 1.47. The summed E-state index contributed by atoms with van der Waals surface area (Å²) in [5.41, 5.74) is 2.83. The molecule has 3 rings (SSSR count). The van der Waals surface area contributed by atoms with E-state index < -0.39 is 10.0 Å². The van der Waals surface area contributed by atoms with Crippen LogP contribution in [0.2, 0.25) is 0 Å². The van der Waals surface area contributed by atoms with Crippen LogP contribution in [-0.4, -0.2) is 22.8 Å². The molecule has 0 saturated heterocycles. The molecule has 0 atom stereocenters. The maximum absolute atomic E-state index is 12.5. The molecular weight excluding hydrogens is 342 g/mol. The molecule has 0 saturated carbocycles. The topological polar surface area (TPSA) is 64.8 Å². The number of nitrogens with zero attached hydrogens (tertiary/aromatic N) is 3. The fourth-order valence-corrected chi connectivity index (χ4v) is 3.94. The van der Waals surface area contributed by atoms with E-state index in [1.54, 1.807) is 36.0 Å². The van der Waals surface area contributed by atoms with E-state index in [2.05, 4.69) is 10.3 Å². The van der Waals surface area contributed by atoms with E-state index in [9.17, 15) is 8.42 Å². The number of aromatic nitrogens is 3. The molecule has 0 N–H and O–H groups in total. The Morgan fingerprint density at radius 2 is 1.54 bits per heavy atom. The van der Waals surface area contributed by atoms with Crippen molar-refractivity contribution in [1.29, 1.82) is 0 Å². The second-order valence-electron chi connectivity index (χ2n) is 5.50. The Kier molecular flexibility index (Phi) is 4.73. The van der Waals surface area contributed by atoms with E-state index in [0.29, 0.717) is 11.4 Å². The predicted octanol–water partition coefficient (Wildman–Crippen LogP) is 3.42. The second kappa shape index (κ2) is 6.78. The van der Waals surface area contributed by atoms with Crippen molar-refractivity contribution in [2.75, 3.05) is 0 Å². The summed E-state index contributed by atoms with van der Waals surface area (Å²) in [5, 5.41) is 7.75. The SMILES string of the molecule is Cc1ccc(SCc2cn(S(=O)(=O)c3ccc(C)cc3)nn2)cc1. The van der Waals surface area contributed by atoms with Gasteiger partial charge in [-0.15, -0.1) is 20.9 Å². The second-order valence-corrected chi connectivity index (χ2v) is 8.35. The maximum Gasteiger partial charge on any atom is 0.284 e. The molecule has 5 nitrogen and oxygen atoms in total. The van der Waals surface area contributed by atoms with Crippen molar-refractivity contribution in [1.82, 2.24) is 14.4 Å². The quantitative estimate of drug-likeness (QED) is 0.653. The molecule has 2 aromatic carbocycles. The van der Waals surface area contributed by atoms with Crippen molar-refractivity contribution in [3.8, 4) is 0 Å². The van der Waals surface area contributed by atoms with Crippen molar-refractivity contribution in [2.45, 2.75) is 29.4 Å². The molecule has 24 heavy (non-hydrogen) atoms. The first-order valence-electron chi connectivity index (χ1n) is 7.38. The fraction of sp³-hybridized carbons (Fsp3) is 0.176. The predicted molar refractivity (Wildman–Crippen MR) is 94.5 cm³/mol. The summed E-state index contributed by atoms with van der Waals surface area (Å²) in [4.78, 5) is 1.31. The summed E-state index contributed by atoms with van der Waals surface area (Å²) < 4.78 is 26.0. The first-order valence-corrected chi connectivity index (χ1v) is 9.81. The zero-order valence-corrected chi connectivity index (χ0v) is 15.0. The van der Waals surface area contributed by atoms with Gasteiger partial charge in [0.15, 0.2) is 0 Å². The smallest absolute Gasteiger partial charge is 0.199 e. The monoisotopic (exact) mass is 359 g/mol. The summed E-state index contributed by atoms with van der Waals surface area (Å²) in [5.74, 6) is 0.562. The van der Waals surface area contributed by atoms with Gasteiger partial charge in [-0.1, -0.05) is 40.6 Å². The summed E-state index contributed by atoms with van der Waals surface area (Å²) >= 11 is 1.59.